The fourth-order valence-electron chi connectivity index (χ4n) is 1.28. The molecule has 2 unspecified atom stereocenters. The molecule has 3 nitrogen and oxygen atoms in total. The van der Waals surface area contributed by atoms with Crippen molar-refractivity contribution >= 4 is 5.91 Å². The molecule has 0 spiro atoms. The number of aliphatic hydroxyl groups is 1. The third-order valence-corrected chi connectivity index (χ3v) is 1.80. The molecule has 12 heavy (non-hydrogen) atoms. The van der Waals surface area contributed by atoms with E-state index in [-0.39, 0.29) is 43.0 Å². The maximum atomic E-state index is 10.6. The molecular formula is C8H13NO2V. The fourth-order valence-corrected chi connectivity index (χ4v) is 1.28. The van der Waals surface area contributed by atoms with Gasteiger partial charge in [0.25, 0.3) is 0 Å². The van der Waals surface area contributed by atoms with E-state index in [1.807, 2.05) is 12.2 Å². The van der Waals surface area contributed by atoms with Crippen LogP contribution in [0.3, 0.4) is 0 Å². The average Bonchev–Trinajstić information content (AvgIpc) is 2.34. The molecule has 1 radical (unpaired) electrons. The first-order chi connectivity index (χ1) is 5.22. The zero-order valence-electron chi connectivity index (χ0n) is 7.03. The van der Waals surface area contributed by atoms with Gasteiger partial charge in [-0.25, -0.2) is 0 Å². The van der Waals surface area contributed by atoms with Gasteiger partial charge in [0.2, 0.25) is 5.91 Å². The molecule has 1 aliphatic rings. The van der Waals surface area contributed by atoms with Gasteiger partial charge in [-0.05, 0) is 6.42 Å². The molecule has 0 saturated heterocycles. The molecule has 0 aromatic heterocycles. The summed E-state index contributed by atoms with van der Waals surface area (Å²) in [5.74, 6) is 0.213. The molecule has 1 aliphatic carbocycles. The number of hydrogen-bond acceptors (Lipinski definition) is 2. The van der Waals surface area contributed by atoms with Crippen molar-refractivity contribution in [2.45, 2.75) is 19.4 Å². The van der Waals surface area contributed by atoms with Crippen molar-refractivity contribution in [3.63, 3.8) is 0 Å². The number of rotatable bonds is 2. The third-order valence-electron chi connectivity index (χ3n) is 1.80. The molecule has 0 saturated carbocycles. The van der Waals surface area contributed by atoms with Crippen LogP contribution in [0.2, 0.25) is 0 Å². The Morgan fingerprint density at radius 3 is 2.75 bits per heavy atom. The van der Waals surface area contributed by atoms with Crippen LogP contribution in [-0.4, -0.2) is 23.7 Å². The van der Waals surface area contributed by atoms with Crippen molar-refractivity contribution < 1.29 is 28.5 Å². The van der Waals surface area contributed by atoms with Gasteiger partial charge in [-0.3, -0.25) is 4.79 Å². The summed E-state index contributed by atoms with van der Waals surface area (Å²) in [5.41, 5.74) is 0. The molecule has 2 atom stereocenters. The van der Waals surface area contributed by atoms with Crippen molar-refractivity contribution in [2.75, 3.05) is 6.61 Å². The van der Waals surface area contributed by atoms with E-state index in [2.05, 4.69) is 5.32 Å². The number of carbonyl (C=O) groups excluding carboxylic acids is 1. The van der Waals surface area contributed by atoms with Gasteiger partial charge in [0.15, 0.2) is 0 Å². The van der Waals surface area contributed by atoms with Gasteiger partial charge in [-0.2, -0.15) is 0 Å². The zero-order valence-corrected chi connectivity index (χ0v) is 8.42. The van der Waals surface area contributed by atoms with Gasteiger partial charge in [0.1, 0.15) is 0 Å². The number of carbonyl (C=O) groups is 1. The molecule has 0 fully saturated rings. The van der Waals surface area contributed by atoms with Crippen molar-refractivity contribution in [3.8, 4) is 0 Å². The van der Waals surface area contributed by atoms with E-state index in [4.69, 9.17) is 5.11 Å². The van der Waals surface area contributed by atoms with Crippen LogP contribution in [0.25, 0.3) is 0 Å². The van der Waals surface area contributed by atoms with Crippen molar-refractivity contribution in [3.05, 3.63) is 12.2 Å². The van der Waals surface area contributed by atoms with Crippen LogP contribution in [0.5, 0.6) is 0 Å². The van der Waals surface area contributed by atoms with Crippen LogP contribution in [0, 0.1) is 5.92 Å². The molecule has 4 heteroatoms. The predicted octanol–water partition coefficient (Wildman–Crippen LogP) is 0.0570. The second-order valence-corrected chi connectivity index (χ2v) is 2.87. The number of nitrogens with one attached hydrogen (secondary N) is 1. The Morgan fingerprint density at radius 1 is 1.67 bits per heavy atom. The summed E-state index contributed by atoms with van der Waals surface area (Å²) in [5, 5.41) is 11.5. The summed E-state index contributed by atoms with van der Waals surface area (Å²) in [6.45, 7) is 1.67. The summed E-state index contributed by atoms with van der Waals surface area (Å²) in [6.07, 6.45) is 4.71. The quantitative estimate of drug-likeness (QED) is 0.627. The van der Waals surface area contributed by atoms with Crippen LogP contribution in [0.4, 0.5) is 0 Å². The smallest absolute Gasteiger partial charge is 0.217 e. The maximum Gasteiger partial charge on any atom is 0.217 e. The molecule has 0 heterocycles. The summed E-state index contributed by atoms with van der Waals surface area (Å²) < 4.78 is 0. The van der Waals surface area contributed by atoms with Gasteiger partial charge >= 0.3 is 0 Å². The number of amides is 1. The van der Waals surface area contributed by atoms with Crippen molar-refractivity contribution in [2.24, 2.45) is 5.92 Å². The predicted molar refractivity (Wildman–Crippen MR) is 41.9 cm³/mol. The molecule has 1 amide bonds. The zero-order chi connectivity index (χ0) is 8.27. The monoisotopic (exact) mass is 206 g/mol. The van der Waals surface area contributed by atoms with Crippen molar-refractivity contribution in [1.82, 2.24) is 5.32 Å². The second kappa shape index (κ2) is 5.41. The van der Waals surface area contributed by atoms with E-state index in [0.29, 0.717) is 0 Å². The molecule has 0 aromatic carbocycles. The van der Waals surface area contributed by atoms with E-state index in [1.54, 1.807) is 0 Å². The van der Waals surface area contributed by atoms with Crippen LogP contribution >= 0.6 is 0 Å². The Balaban J connectivity index is 0.00000121. The minimum absolute atomic E-state index is 0. The van der Waals surface area contributed by atoms with E-state index < -0.39 is 0 Å². The fraction of sp³-hybridized carbons (Fsp3) is 0.625. The second-order valence-electron chi connectivity index (χ2n) is 2.87. The average molecular weight is 206 g/mol. The van der Waals surface area contributed by atoms with Crippen LogP contribution in [0.1, 0.15) is 13.3 Å². The van der Waals surface area contributed by atoms with E-state index in [0.717, 1.165) is 6.42 Å². The topological polar surface area (TPSA) is 49.3 Å². The van der Waals surface area contributed by atoms with Gasteiger partial charge in [-0.1, -0.05) is 12.2 Å². The number of hydrogen-bond donors (Lipinski definition) is 2. The molecular weight excluding hydrogens is 193 g/mol. The third kappa shape index (κ3) is 3.43. The normalized spacial score (nSPS) is 26.5. The Labute approximate surface area is 84.1 Å². The van der Waals surface area contributed by atoms with Gasteiger partial charge < -0.3 is 10.4 Å². The maximum absolute atomic E-state index is 10.6. The first kappa shape index (κ1) is 11.8. The summed E-state index contributed by atoms with van der Waals surface area (Å²) in [4.78, 5) is 10.6. The molecule has 2 N–H and O–H groups in total. The SMILES string of the molecule is CC(=O)NC1C=CC(CO)C1.[V]. The standard InChI is InChI=1S/C8H13NO2.V/c1-6(11)9-8-3-2-7(4-8)5-10;/h2-3,7-8,10H,4-5H2,1H3,(H,9,11);. The largest absolute Gasteiger partial charge is 0.396 e. The minimum Gasteiger partial charge on any atom is -0.396 e. The Hall–Kier alpha value is -0.246. The van der Waals surface area contributed by atoms with Gasteiger partial charge in [0.05, 0.1) is 0 Å². The minimum atomic E-state index is -0.0155. The first-order valence-corrected chi connectivity index (χ1v) is 3.78. The van der Waals surface area contributed by atoms with Crippen LogP contribution in [-0.2, 0) is 23.4 Å². The van der Waals surface area contributed by atoms with Gasteiger partial charge in [-0.15, -0.1) is 0 Å². The summed E-state index contributed by atoms with van der Waals surface area (Å²) in [6, 6.07) is 0.129. The number of aliphatic hydroxyl groups excluding tert-OH is 1. The Kier molecular flexibility index (Phi) is 5.30. The molecule has 0 aliphatic heterocycles. The van der Waals surface area contributed by atoms with Crippen LogP contribution in [0.15, 0.2) is 12.2 Å². The molecule has 1 rings (SSSR count). The van der Waals surface area contributed by atoms with Gasteiger partial charge in [0, 0.05) is 44.0 Å². The first-order valence-electron chi connectivity index (χ1n) is 3.78. The molecule has 0 bridgehead atoms. The molecule has 0 aromatic rings. The van der Waals surface area contributed by atoms with Crippen LogP contribution < -0.4 is 5.32 Å². The van der Waals surface area contributed by atoms with Crippen molar-refractivity contribution in [1.29, 1.82) is 0 Å². The van der Waals surface area contributed by atoms with E-state index in [9.17, 15) is 4.79 Å². The Bertz CT molecular complexity index is 182. The van der Waals surface area contributed by atoms with E-state index >= 15 is 0 Å². The molecule has 67 valence electrons. The summed E-state index contributed by atoms with van der Waals surface area (Å²) >= 11 is 0. The Morgan fingerprint density at radius 2 is 2.33 bits per heavy atom. The summed E-state index contributed by atoms with van der Waals surface area (Å²) in [7, 11) is 0. The van der Waals surface area contributed by atoms with E-state index in [1.165, 1.54) is 6.92 Å².